The van der Waals surface area contributed by atoms with Gasteiger partial charge >= 0.3 is 0 Å². The minimum atomic E-state index is -0.271. The van der Waals surface area contributed by atoms with Crippen LogP contribution in [0, 0.1) is 0 Å². The molecule has 0 bridgehead atoms. The summed E-state index contributed by atoms with van der Waals surface area (Å²) in [4.78, 5) is 2.41. The number of fused-ring (bicyclic) bond motifs is 7. The number of aromatic nitrogens is 1. The monoisotopic (exact) mass is 956 g/mol. The van der Waals surface area contributed by atoms with Gasteiger partial charge in [0, 0.05) is 44.2 Å². The molecule has 1 aliphatic rings. The van der Waals surface area contributed by atoms with Crippen LogP contribution >= 0.6 is 0 Å². The summed E-state index contributed by atoms with van der Waals surface area (Å²) < 4.78 is 2.56. The van der Waals surface area contributed by atoms with E-state index in [1.807, 2.05) is 0 Å². The molecule has 0 saturated carbocycles. The van der Waals surface area contributed by atoms with Crippen LogP contribution in [0.3, 0.4) is 0 Å². The summed E-state index contributed by atoms with van der Waals surface area (Å²) in [6.07, 6.45) is 0. The molecule has 2 heteroatoms. The van der Waals surface area contributed by atoms with Crippen LogP contribution in [-0.4, -0.2) is 4.57 Å². The van der Waals surface area contributed by atoms with E-state index in [0.29, 0.717) is 0 Å². The zero-order valence-electron chi connectivity index (χ0n) is 42.0. The summed E-state index contributed by atoms with van der Waals surface area (Å²) in [5.74, 6) is 0. The Hall–Kier alpha value is -9.50. The molecule has 14 rings (SSSR count). The first-order valence-corrected chi connectivity index (χ1v) is 26.1. The predicted octanol–water partition coefficient (Wildman–Crippen LogP) is 20.0. The van der Waals surface area contributed by atoms with E-state index in [4.69, 9.17) is 0 Å². The van der Waals surface area contributed by atoms with Gasteiger partial charge in [0.25, 0.3) is 0 Å². The molecule has 12 aromatic carbocycles. The van der Waals surface area contributed by atoms with E-state index < -0.39 is 0 Å². The van der Waals surface area contributed by atoms with Crippen LogP contribution in [0.25, 0.3) is 105 Å². The third-order valence-electron chi connectivity index (χ3n) is 15.8. The molecule has 0 saturated heterocycles. The van der Waals surface area contributed by atoms with Gasteiger partial charge < -0.3 is 9.47 Å². The number of anilines is 3. The molecule has 0 unspecified atom stereocenters. The van der Waals surface area contributed by atoms with E-state index in [-0.39, 0.29) is 5.41 Å². The lowest BCUT2D eigenvalue weighted by molar-refractivity contribution is 0.660. The molecule has 0 N–H and O–H groups in total. The van der Waals surface area contributed by atoms with Crippen LogP contribution in [0.5, 0.6) is 0 Å². The minimum Gasteiger partial charge on any atom is -0.310 e. The fourth-order valence-corrected chi connectivity index (χ4v) is 12.1. The van der Waals surface area contributed by atoms with Gasteiger partial charge in [-0.2, -0.15) is 0 Å². The van der Waals surface area contributed by atoms with Crippen molar-refractivity contribution >= 4 is 49.5 Å². The topological polar surface area (TPSA) is 8.17 Å². The molecule has 0 fully saturated rings. The normalized spacial score (nSPS) is 12.5. The lowest BCUT2D eigenvalue weighted by atomic mass is 9.81. The Morgan fingerprint density at radius 3 is 1.41 bits per heavy atom. The number of nitrogens with zero attached hydrogens (tertiary/aromatic N) is 2. The molecule has 0 aliphatic heterocycles. The summed E-state index contributed by atoms with van der Waals surface area (Å²) in [6, 6.07) is 103. The summed E-state index contributed by atoms with van der Waals surface area (Å²) in [5.41, 5.74) is 22.8. The molecule has 13 aromatic rings. The molecule has 1 aromatic heterocycles. The van der Waals surface area contributed by atoms with Crippen LogP contribution in [0.4, 0.5) is 17.1 Å². The number of benzene rings is 12. The first kappa shape index (κ1) is 44.2. The lowest BCUT2D eigenvalue weighted by Crippen LogP contribution is -2.16. The maximum Gasteiger partial charge on any atom is 0.0620 e. The SMILES string of the molecule is CC1(C)c2cc(-c3cccc4c3ccc3c(-c5ccccc5)c(-c5ccccc5)n(-c5cccc6ccccc56)c34)ccc2-c2ccc(N(c3ccc(-c4ccccc4)cc3)c3ccc(-c4ccccc4)cc3)cc21. The van der Waals surface area contributed by atoms with Crippen molar-refractivity contribution in [2.45, 2.75) is 19.3 Å². The van der Waals surface area contributed by atoms with Gasteiger partial charge in [0.15, 0.2) is 0 Å². The quantitative estimate of drug-likeness (QED) is 0.140. The molecule has 0 amide bonds. The van der Waals surface area contributed by atoms with Crippen molar-refractivity contribution < 1.29 is 0 Å². The average molecular weight is 957 g/mol. The third-order valence-corrected chi connectivity index (χ3v) is 15.8. The van der Waals surface area contributed by atoms with Crippen molar-refractivity contribution in [3.05, 3.63) is 290 Å². The summed E-state index contributed by atoms with van der Waals surface area (Å²) >= 11 is 0. The fourth-order valence-electron chi connectivity index (χ4n) is 12.1. The van der Waals surface area contributed by atoms with Crippen molar-refractivity contribution in [2.75, 3.05) is 4.90 Å². The van der Waals surface area contributed by atoms with Gasteiger partial charge in [0.05, 0.1) is 16.9 Å². The van der Waals surface area contributed by atoms with Crippen molar-refractivity contribution in [1.29, 1.82) is 0 Å². The maximum atomic E-state index is 2.56. The summed E-state index contributed by atoms with van der Waals surface area (Å²) in [7, 11) is 0. The fraction of sp³-hybridized carbons (Fsp3) is 0.0411. The second kappa shape index (κ2) is 17.9. The Morgan fingerprint density at radius 2 is 0.773 bits per heavy atom. The lowest BCUT2D eigenvalue weighted by Gasteiger charge is -2.28. The van der Waals surface area contributed by atoms with Gasteiger partial charge in [-0.15, -0.1) is 0 Å². The maximum absolute atomic E-state index is 2.56. The van der Waals surface area contributed by atoms with Crippen molar-refractivity contribution in [2.24, 2.45) is 0 Å². The smallest absolute Gasteiger partial charge is 0.0620 e. The van der Waals surface area contributed by atoms with Gasteiger partial charge in [-0.25, -0.2) is 0 Å². The Kier molecular flexibility index (Phi) is 10.6. The van der Waals surface area contributed by atoms with E-state index in [0.717, 1.165) is 17.1 Å². The van der Waals surface area contributed by atoms with Crippen molar-refractivity contribution in [3.8, 4) is 72.6 Å². The average Bonchev–Trinajstić information content (AvgIpc) is 4.03. The molecule has 2 nitrogen and oxygen atoms in total. The second-order valence-corrected chi connectivity index (χ2v) is 20.4. The van der Waals surface area contributed by atoms with E-state index in [1.54, 1.807) is 0 Å². The summed E-state index contributed by atoms with van der Waals surface area (Å²) in [6.45, 7) is 4.80. The molecule has 75 heavy (non-hydrogen) atoms. The molecule has 0 atom stereocenters. The predicted molar refractivity (Wildman–Crippen MR) is 318 cm³/mol. The minimum absolute atomic E-state index is 0.271. The standard InChI is InChI=1S/C73H52N2/c1-73(2)67-47-56(37-43-63(67)64-44-42-59(48-68(64)73)74(57-38-33-51(34-39-57)49-19-7-3-8-20-49)58-40-35-52(36-41-58)50-21-9-4-10-22-50)60-30-18-31-65-62(60)45-46-66-70(54-24-11-5-12-25-54)71(55-26-13-6-14-27-55)75(72(65)66)69-32-17-28-53-23-15-16-29-61(53)69/h3-48H,1-2H3. The van der Waals surface area contributed by atoms with Crippen LogP contribution < -0.4 is 4.90 Å². The van der Waals surface area contributed by atoms with E-state index in [9.17, 15) is 0 Å². The molecule has 354 valence electrons. The molecule has 1 heterocycles. The number of rotatable bonds is 9. The van der Waals surface area contributed by atoms with E-state index in [2.05, 4.69) is 302 Å². The molecule has 0 spiro atoms. The second-order valence-electron chi connectivity index (χ2n) is 20.4. The highest BCUT2D eigenvalue weighted by molar-refractivity contribution is 6.19. The molecule has 1 aliphatic carbocycles. The van der Waals surface area contributed by atoms with Crippen molar-refractivity contribution in [3.63, 3.8) is 0 Å². The van der Waals surface area contributed by atoms with Crippen LogP contribution in [0.15, 0.2) is 279 Å². The van der Waals surface area contributed by atoms with E-state index in [1.165, 1.54) is 116 Å². The summed E-state index contributed by atoms with van der Waals surface area (Å²) in [5, 5.41) is 6.11. The highest BCUT2D eigenvalue weighted by atomic mass is 15.1. The van der Waals surface area contributed by atoms with Gasteiger partial charge in [0.2, 0.25) is 0 Å². The molecule has 0 radical (unpaired) electrons. The van der Waals surface area contributed by atoms with Crippen molar-refractivity contribution in [1.82, 2.24) is 4.57 Å². The zero-order valence-corrected chi connectivity index (χ0v) is 42.0. The first-order valence-electron chi connectivity index (χ1n) is 26.1. The van der Waals surface area contributed by atoms with Gasteiger partial charge in [0.1, 0.15) is 0 Å². The van der Waals surface area contributed by atoms with Crippen LogP contribution in [-0.2, 0) is 5.41 Å². The number of hydrogen-bond donors (Lipinski definition) is 0. The van der Waals surface area contributed by atoms with Gasteiger partial charge in [-0.1, -0.05) is 244 Å². The third kappa shape index (κ3) is 7.40. The Morgan fingerprint density at radius 1 is 0.307 bits per heavy atom. The number of hydrogen-bond acceptors (Lipinski definition) is 1. The van der Waals surface area contributed by atoms with Crippen LogP contribution in [0.1, 0.15) is 25.0 Å². The van der Waals surface area contributed by atoms with Crippen LogP contribution in [0.2, 0.25) is 0 Å². The molecular formula is C73H52N2. The highest BCUT2D eigenvalue weighted by Crippen LogP contribution is 2.53. The first-order chi connectivity index (χ1) is 37.0. The highest BCUT2D eigenvalue weighted by Gasteiger charge is 2.37. The molecular weight excluding hydrogens is 905 g/mol. The van der Waals surface area contributed by atoms with Gasteiger partial charge in [-0.3, -0.25) is 0 Å². The Labute approximate surface area is 438 Å². The zero-order chi connectivity index (χ0) is 50.0. The Bertz CT molecular complexity index is 4180. The largest absolute Gasteiger partial charge is 0.310 e. The Balaban J connectivity index is 0.907. The van der Waals surface area contributed by atoms with E-state index >= 15 is 0 Å². The van der Waals surface area contributed by atoms with Gasteiger partial charge in [-0.05, 0) is 126 Å².